The van der Waals surface area contributed by atoms with E-state index in [0.717, 1.165) is 35.2 Å². The summed E-state index contributed by atoms with van der Waals surface area (Å²) in [7, 11) is -2.70. The Balaban J connectivity index is 1.38. The predicted octanol–water partition coefficient (Wildman–Crippen LogP) is 4.97. The molecule has 0 fully saturated rings. The summed E-state index contributed by atoms with van der Waals surface area (Å²) in [6, 6.07) is 17.6. The number of β-amino-alcohol motifs (C(OH)–C–C–N with tert-alkyl or cyclic N) is 1. The van der Waals surface area contributed by atoms with Crippen molar-refractivity contribution in [3.63, 3.8) is 0 Å². The molecule has 0 aliphatic heterocycles. The molecule has 0 bridgehead atoms. The Bertz CT molecular complexity index is 1510. The van der Waals surface area contributed by atoms with Crippen LogP contribution < -0.4 is 5.32 Å². The van der Waals surface area contributed by atoms with Gasteiger partial charge >= 0.3 is 5.97 Å². The van der Waals surface area contributed by atoms with Gasteiger partial charge in [-0.05, 0) is 86.8 Å². The minimum atomic E-state index is -4.07. The van der Waals surface area contributed by atoms with Crippen molar-refractivity contribution in [2.24, 2.45) is 5.92 Å². The second kappa shape index (κ2) is 13.0. The van der Waals surface area contributed by atoms with E-state index in [1.54, 1.807) is 12.1 Å². The van der Waals surface area contributed by atoms with Crippen LogP contribution in [-0.2, 0) is 34.1 Å². The number of likely N-dealkylation sites (N-methyl/N-ethyl adjacent to an activating group) is 1. The molecular weight excluding hydrogens is 555 g/mol. The van der Waals surface area contributed by atoms with Crippen LogP contribution in [-0.4, -0.2) is 60.7 Å². The van der Waals surface area contributed by atoms with Gasteiger partial charge in [0.2, 0.25) is 10.0 Å². The van der Waals surface area contributed by atoms with Crippen molar-refractivity contribution < 1.29 is 27.8 Å². The van der Waals surface area contributed by atoms with E-state index in [4.69, 9.17) is 5.11 Å². The van der Waals surface area contributed by atoms with Crippen molar-refractivity contribution in [1.29, 1.82) is 0 Å². The number of nitrogens with zero attached hydrogens (tertiary/aromatic N) is 1. The number of rotatable bonds is 13. The van der Waals surface area contributed by atoms with Crippen LogP contribution in [0.3, 0.4) is 0 Å². The molecule has 9 heteroatoms. The van der Waals surface area contributed by atoms with Crippen molar-refractivity contribution >= 4 is 16.0 Å². The molecule has 0 amide bonds. The highest BCUT2D eigenvalue weighted by Gasteiger charge is 2.30. The lowest BCUT2D eigenvalue weighted by Crippen LogP contribution is -2.47. The third kappa shape index (κ3) is 7.83. The summed E-state index contributed by atoms with van der Waals surface area (Å²) in [6.45, 7) is 6.10. The molecule has 0 unspecified atom stereocenters. The standard InChI is InChI=1S/C33H41FN2O5S/c1-22-9-10-24(11-14-32(38)39)30(15-22)29-13-12-28(18-31(29)34)42(40,41)36(4)21-27(37)20-35-33(2,3)19-23-16-25-7-5-6-8-26(25)17-23/h5-10,12-13,15,18,23,27,35,37H,11,14,16-17,19-21H2,1-4H3,(H,38,39)/t27-/m0/s1. The molecular formula is C33H41FN2O5S. The zero-order valence-electron chi connectivity index (χ0n) is 24.7. The first-order valence-electron chi connectivity index (χ1n) is 14.3. The predicted molar refractivity (Wildman–Crippen MR) is 162 cm³/mol. The number of aliphatic hydroxyl groups is 1. The quantitative estimate of drug-likeness (QED) is 0.257. The molecule has 42 heavy (non-hydrogen) atoms. The first-order valence-corrected chi connectivity index (χ1v) is 15.8. The van der Waals surface area contributed by atoms with Crippen LogP contribution in [0.5, 0.6) is 0 Å². The average molecular weight is 597 g/mol. The zero-order valence-corrected chi connectivity index (χ0v) is 25.5. The maximum absolute atomic E-state index is 15.3. The summed E-state index contributed by atoms with van der Waals surface area (Å²) in [4.78, 5) is 10.9. The van der Waals surface area contributed by atoms with Crippen LogP contribution in [0.1, 0.15) is 48.9 Å². The van der Waals surface area contributed by atoms with E-state index in [1.165, 1.54) is 30.3 Å². The van der Waals surface area contributed by atoms with Crippen LogP contribution in [0.4, 0.5) is 4.39 Å². The molecule has 4 rings (SSSR count). The fourth-order valence-electron chi connectivity index (χ4n) is 5.90. The number of hydrogen-bond acceptors (Lipinski definition) is 5. The number of aliphatic hydroxyl groups excluding tert-OH is 1. The van der Waals surface area contributed by atoms with E-state index in [0.29, 0.717) is 17.0 Å². The third-order valence-corrected chi connectivity index (χ3v) is 9.85. The monoisotopic (exact) mass is 596 g/mol. The van der Waals surface area contributed by atoms with Gasteiger partial charge in [0, 0.05) is 37.7 Å². The summed E-state index contributed by atoms with van der Waals surface area (Å²) in [5.41, 5.74) is 4.83. The number of carboxylic acids is 1. The number of benzene rings is 3. The van der Waals surface area contributed by atoms with Gasteiger partial charge in [-0.2, -0.15) is 4.31 Å². The summed E-state index contributed by atoms with van der Waals surface area (Å²) in [5, 5.41) is 23.2. The Kier molecular flexibility index (Phi) is 9.88. The number of carbonyl (C=O) groups is 1. The molecule has 3 aromatic carbocycles. The maximum atomic E-state index is 15.3. The molecule has 7 nitrogen and oxygen atoms in total. The number of sulfonamides is 1. The Morgan fingerprint density at radius 2 is 1.74 bits per heavy atom. The molecule has 0 radical (unpaired) electrons. The van der Waals surface area contributed by atoms with Crippen LogP contribution in [0, 0.1) is 18.7 Å². The van der Waals surface area contributed by atoms with Gasteiger partial charge in [0.1, 0.15) is 5.82 Å². The van der Waals surface area contributed by atoms with Crippen molar-refractivity contribution in [3.05, 3.63) is 88.7 Å². The van der Waals surface area contributed by atoms with E-state index in [-0.39, 0.29) is 41.9 Å². The Hall–Kier alpha value is -3.11. The molecule has 3 N–H and O–H groups in total. The van der Waals surface area contributed by atoms with Gasteiger partial charge in [-0.3, -0.25) is 4.79 Å². The number of halogens is 1. The lowest BCUT2D eigenvalue weighted by atomic mass is 9.88. The number of fused-ring (bicyclic) bond motifs is 1. The van der Waals surface area contributed by atoms with Gasteiger partial charge in [0.25, 0.3) is 0 Å². The maximum Gasteiger partial charge on any atom is 0.303 e. The van der Waals surface area contributed by atoms with Crippen molar-refractivity contribution in [1.82, 2.24) is 9.62 Å². The van der Waals surface area contributed by atoms with Crippen LogP contribution >= 0.6 is 0 Å². The molecule has 0 saturated carbocycles. The molecule has 0 spiro atoms. The van der Waals surface area contributed by atoms with Crippen molar-refractivity contribution in [2.45, 2.75) is 69.4 Å². The number of aryl methyl sites for hydroxylation is 2. The van der Waals surface area contributed by atoms with E-state index < -0.39 is 27.9 Å². The summed E-state index contributed by atoms with van der Waals surface area (Å²) >= 11 is 0. The van der Waals surface area contributed by atoms with Gasteiger partial charge in [0.15, 0.2) is 0 Å². The third-order valence-electron chi connectivity index (χ3n) is 8.03. The minimum absolute atomic E-state index is 0.0991. The van der Waals surface area contributed by atoms with E-state index in [2.05, 4.69) is 43.4 Å². The largest absolute Gasteiger partial charge is 0.481 e. The lowest BCUT2D eigenvalue weighted by molar-refractivity contribution is -0.136. The molecule has 0 saturated heterocycles. The molecule has 1 aliphatic carbocycles. The Morgan fingerprint density at radius 3 is 2.36 bits per heavy atom. The second-order valence-corrected chi connectivity index (χ2v) is 14.2. The smallest absolute Gasteiger partial charge is 0.303 e. The first kappa shape index (κ1) is 31.8. The van der Waals surface area contributed by atoms with Gasteiger partial charge in [-0.25, -0.2) is 12.8 Å². The SMILES string of the molecule is Cc1ccc(CCC(=O)O)c(-c2ccc(S(=O)(=O)N(C)C[C@@H](O)CNC(C)(C)CC3Cc4ccccc4C3)cc2F)c1. The highest BCUT2D eigenvalue weighted by molar-refractivity contribution is 7.89. The first-order chi connectivity index (χ1) is 19.7. The topological polar surface area (TPSA) is 107 Å². The van der Waals surface area contributed by atoms with Gasteiger partial charge in [-0.1, -0.05) is 54.1 Å². The fourth-order valence-corrected chi connectivity index (χ4v) is 7.12. The fraction of sp³-hybridized carbons (Fsp3) is 0.424. The van der Waals surface area contributed by atoms with Gasteiger partial charge in [0.05, 0.1) is 11.0 Å². The van der Waals surface area contributed by atoms with Crippen molar-refractivity contribution in [2.75, 3.05) is 20.1 Å². The summed E-state index contributed by atoms with van der Waals surface area (Å²) < 4.78 is 42.9. The van der Waals surface area contributed by atoms with Crippen LogP contribution in [0.15, 0.2) is 65.6 Å². The number of aliphatic carboxylic acids is 1. The van der Waals surface area contributed by atoms with E-state index in [1.807, 2.05) is 13.0 Å². The van der Waals surface area contributed by atoms with E-state index >= 15 is 4.39 Å². The molecule has 226 valence electrons. The van der Waals surface area contributed by atoms with Crippen LogP contribution in [0.25, 0.3) is 11.1 Å². The highest BCUT2D eigenvalue weighted by Crippen LogP contribution is 2.33. The Morgan fingerprint density at radius 1 is 1.07 bits per heavy atom. The Labute approximate surface area is 248 Å². The lowest BCUT2D eigenvalue weighted by Gasteiger charge is -2.31. The van der Waals surface area contributed by atoms with Crippen molar-refractivity contribution in [3.8, 4) is 11.1 Å². The second-order valence-electron chi connectivity index (χ2n) is 12.1. The molecule has 1 atom stereocenters. The van der Waals surface area contributed by atoms with Gasteiger partial charge < -0.3 is 15.5 Å². The van der Waals surface area contributed by atoms with Gasteiger partial charge in [-0.15, -0.1) is 0 Å². The average Bonchev–Trinajstić information content (AvgIpc) is 3.32. The molecule has 0 aromatic heterocycles. The van der Waals surface area contributed by atoms with E-state index in [9.17, 15) is 18.3 Å². The molecule has 1 aliphatic rings. The minimum Gasteiger partial charge on any atom is -0.481 e. The number of nitrogens with one attached hydrogen (secondary N) is 1. The zero-order chi connectivity index (χ0) is 30.7. The van der Waals surface area contributed by atoms with Crippen LogP contribution in [0.2, 0.25) is 0 Å². The highest BCUT2D eigenvalue weighted by atomic mass is 32.2. The number of carboxylic acid groups (broad SMARTS) is 1. The molecule has 0 heterocycles. The number of hydrogen-bond donors (Lipinski definition) is 3. The normalized spacial score (nSPS) is 14.7. The molecule has 3 aromatic rings. The summed E-state index contributed by atoms with van der Waals surface area (Å²) in [5.74, 6) is -1.16. The summed E-state index contributed by atoms with van der Waals surface area (Å²) in [6.07, 6.45) is 2.16.